The van der Waals surface area contributed by atoms with Crippen LogP contribution in [-0.4, -0.2) is 25.9 Å². The highest BCUT2D eigenvalue weighted by Crippen LogP contribution is 2.43. The van der Waals surface area contributed by atoms with Gasteiger partial charge in [-0.2, -0.15) is 0 Å². The van der Waals surface area contributed by atoms with Crippen LogP contribution in [0.4, 0.5) is 0 Å². The molecule has 1 aliphatic carbocycles. The first-order valence-electron chi connectivity index (χ1n) is 6.87. The van der Waals surface area contributed by atoms with Crippen molar-refractivity contribution in [2.75, 3.05) is 19.8 Å². The summed E-state index contributed by atoms with van der Waals surface area (Å²) >= 11 is 0. The zero-order valence-corrected chi connectivity index (χ0v) is 10.7. The fourth-order valence-electron chi connectivity index (χ4n) is 2.90. The average Bonchev–Trinajstić information content (AvgIpc) is 2.83. The Hall–Kier alpha value is -1.06. The zero-order chi connectivity index (χ0) is 12.4. The van der Waals surface area contributed by atoms with Crippen molar-refractivity contribution < 1.29 is 9.47 Å². The molecule has 1 saturated heterocycles. The molecule has 1 unspecified atom stereocenters. The van der Waals surface area contributed by atoms with Crippen LogP contribution in [0.1, 0.15) is 31.2 Å². The third-order valence-electron chi connectivity index (χ3n) is 4.36. The minimum Gasteiger partial charge on any atom is -0.488 e. The van der Waals surface area contributed by atoms with Gasteiger partial charge in [-0.05, 0) is 30.5 Å². The van der Waals surface area contributed by atoms with E-state index in [1.165, 1.54) is 24.8 Å². The van der Waals surface area contributed by atoms with Gasteiger partial charge in [0.15, 0.2) is 0 Å². The highest BCUT2D eigenvalue weighted by atomic mass is 16.5. The molecule has 18 heavy (non-hydrogen) atoms. The van der Waals surface area contributed by atoms with Gasteiger partial charge in [-0.15, -0.1) is 0 Å². The van der Waals surface area contributed by atoms with E-state index in [0.29, 0.717) is 6.61 Å². The number of ether oxygens (including phenoxy) is 2. The third-order valence-corrected chi connectivity index (χ3v) is 4.36. The molecule has 0 amide bonds. The lowest BCUT2D eigenvalue weighted by Gasteiger charge is -2.41. The monoisotopic (exact) mass is 247 g/mol. The average molecular weight is 247 g/mol. The van der Waals surface area contributed by atoms with Crippen molar-refractivity contribution in [1.82, 2.24) is 0 Å². The van der Waals surface area contributed by atoms with Crippen LogP contribution in [0.3, 0.4) is 0 Å². The van der Waals surface area contributed by atoms with Gasteiger partial charge in [0.05, 0.1) is 13.2 Å². The third kappa shape index (κ3) is 2.13. The molecule has 2 aliphatic rings. The summed E-state index contributed by atoms with van der Waals surface area (Å²) in [5, 5.41) is 0. The Labute approximate surface area is 108 Å². The first-order valence-corrected chi connectivity index (χ1v) is 6.87. The topological polar surface area (TPSA) is 44.5 Å². The first kappa shape index (κ1) is 12.0. The molecule has 1 heterocycles. The molecule has 1 aromatic carbocycles. The van der Waals surface area contributed by atoms with Gasteiger partial charge in [-0.1, -0.05) is 18.6 Å². The summed E-state index contributed by atoms with van der Waals surface area (Å²) in [5.74, 6) is 0.945. The molecule has 0 radical (unpaired) electrons. The van der Waals surface area contributed by atoms with Gasteiger partial charge in [-0.3, -0.25) is 0 Å². The molecule has 0 aromatic heterocycles. The Morgan fingerprint density at radius 2 is 2.06 bits per heavy atom. The molecule has 1 aromatic rings. The highest BCUT2D eigenvalue weighted by molar-refractivity contribution is 5.34. The summed E-state index contributed by atoms with van der Waals surface area (Å²) < 4.78 is 11.2. The van der Waals surface area contributed by atoms with Gasteiger partial charge in [0.1, 0.15) is 11.9 Å². The van der Waals surface area contributed by atoms with E-state index in [1.807, 2.05) is 0 Å². The summed E-state index contributed by atoms with van der Waals surface area (Å²) in [5.41, 5.74) is 7.54. The second-order valence-electron chi connectivity index (χ2n) is 5.47. The standard InChI is InChI=1S/C15H21NO2/c16-11-15(7-1-8-15)12-2-4-13(5-3-12)18-14-6-9-17-10-14/h2-5,14H,1,6-11,16H2. The zero-order valence-electron chi connectivity index (χ0n) is 10.7. The minimum atomic E-state index is 0.225. The van der Waals surface area contributed by atoms with E-state index in [1.54, 1.807) is 0 Å². The molecule has 3 heteroatoms. The lowest BCUT2D eigenvalue weighted by molar-refractivity contribution is 0.141. The number of rotatable bonds is 4. The quantitative estimate of drug-likeness (QED) is 0.887. The largest absolute Gasteiger partial charge is 0.488 e. The van der Waals surface area contributed by atoms with Crippen molar-refractivity contribution in [3.05, 3.63) is 29.8 Å². The molecular weight excluding hydrogens is 226 g/mol. The molecule has 0 spiro atoms. The molecule has 1 saturated carbocycles. The Balaban J connectivity index is 1.68. The number of hydrogen-bond donors (Lipinski definition) is 1. The van der Waals surface area contributed by atoms with E-state index >= 15 is 0 Å². The molecule has 0 bridgehead atoms. The van der Waals surface area contributed by atoms with Crippen LogP contribution in [0.5, 0.6) is 5.75 Å². The Bertz CT molecular complexity index is 386. The number of hydrogen-bond acceptors (Lipinski definition) is 3. The molecule has 3 rings (SSSR count). The van der Waals surface area contributed by atoms with Crippen LogP contribution in [0.2, 0.25) is 0 Å². The van der Waals surface area contributed by atoms with Crippen molar-refractivity contribution in [3.63, 3.8) is 0 Å². The second-order valence-corrected chi connectivity index (χ2v) is 5.47. The predicted octanol–water partition coefficient (Wildman–Crippen LogP) is 2.23. The SMILES string of the molecule is NCC1(c2ccc(OC3CCOC3)cc2)CCC1. The smallest absolute Gasteiger partial charge is 0.124 e. The van der Waals surface area contributed by atoms with Crippen molar-refractivity contribution >= 4 is 0 Å². The normalized spacial score (nSPS) is 25.7. The summed E-state index contributed by atoms with van der Waals surface area (Å²) in [6.45, 7) is 2.29. The summed E-state index contributed by atoms with van der Waals surface area (Å²) in [6, 6.07) is 8.50. The second kappa shape index (κ2) is 4.90. The number of benzene rings is 1. The predicted molar refractivity (Wildman–Crippen MR) is 70.9 cm³/mol. The minimum absolute atomic E-state index is 0.225. The fraction of sp³-hybridized carbons (Fsp3) is 0.600. The van der Waals surface area contributed by atoms with Gasteiger partial charge in [0, 0.05) is 18.4 Å². The van der Waals surface area contributed by atoms with Crippen LogP contribution in [0.25, 0.3) is 0 Å². The van der Waals surface area contributed by atoms with E-state index in [2.05, 4.69) is 24.3 Å². The maximum Gasteiger partial charge on any atom is 0.124 e. The highest BCUT2D eigenvalue weighted by Gasteiger charge is 2.37. The Morgan fingerprint density at radius 3 is 2.56 bits per heavy atom. The van der Waals surface area contributed by atoms with E-state index in [9.17, 15) is 0 Å². The van der Waals surface area contributed by atoms with Gasteiger partial charge in [0.2, 0.25) is 0 Å². The Morgan fingerprint density at radius 1 is 1.28 bits per heavy atom. The van der Waals surface area contributed by atoms with Gasteiger partial charge in [0.25, 0.3) is 0 Å². The molecular formula is C15H21NO2. The van der Waals surface area contributed by atoms with E-state index in [0.717, 1.165) is 25.3 Å². The lowest BCUT2D eigenvalue weighted by atomic mass is 9.64. The van der Waals surface area contributed by atoms with Crippen molar-refractivity contribution in [3.8, 4) is 5.75 Å². The Kier molecular flexibility index (Phi) is 3.27. The maximum atomic E-state index is 5.92. The molecule has 1 aliphatic heterocycles. The molecule has 2 N–H and O–H groups in total. The molecule has 3 nitrogen and oxygen atoms in total. The van der Waals surface area contributed by atoms with E-state index in [4.69, 9.17) is 15.2 Å². The van der Waals surface area contributed by atoms with Crippen LogP contribution in [0.15, 0.2) is 24.3 Å². The van der Waals surface area contributed by atoms with Crippen molar-refractivity contribution in [2.24, 2.45) is 5.73 Å². The first-order chi connectivity index (χ1) is 8.82. The number of nitrogens with two attached hydrogens (primary N) is 1. The van der Waals surface area contributed by atoms with Crippen molar-refractivity contribution in [1.29, 1.82) is 0 Å². The molecule has 98 valence electrons. The lowest BCUT2D eigenvalue weighted by Crippen LogP contribution is -2.41. The van der Waals surface area contributed by atoms with Gasteiger partial charge < -0.3 is 15.2 Å². The fourth-order valence-corrected chi connectivity index (χ4v) is 2.90. The molecule has 1 atom stereocenters. The van der Waals surface area contributed by atoms with Gasteiger partial charge in [-0.25, -0.2) is 0 Å². The van der Waals surface area contributed by atoms with Crippen LogP contribution < -0.4 is 10.5 Å². The van der Waals surface area contributed by atoms with Crippen LogP contribution in [-0.2, 0) is 10.2 Å². The van der Waals surface area contributed by atoms with E-state index < -0.39 is 0 Å². The van der Waals surface area contributed by atoms with Crippen LogP contribution >= 0.6 is 0 Å². The van der Waals surface area contributed by atoms with Crippen molar-refractivity contribution in [2.45, 2.75) is 37.2 Å². The maximum absolute atomic E-state index is 5.92. The van der Waals surface area contributed by atoms with E-state index in [-0.39, 0.29) is 11.5 Å². The van der Waals surface area contributed by atoms with Gasteiger partial charge >= 0.3 is 0 Å². The summed E-state index contributed by atoms with van der Waals surface area (Å²) in [6.07, 6.45) is 4.96. The summed E-state index contributed by atoms with van der Waals surface area (Å²) in [4.78, 5) is 0. The molecule has 2 fully saturated rings. The van der Waals surface area contributed by atoms with Crippen LogP contribution in [0, 0.1) is 0 Å². The summed E-state index contributed by atoms with van der Waals surface area (Å²) in [7, 11) is 0.